The van der Waals surface area contributed by atoms with E-state index in [4.69, 9.17) is 5.11 Å². The molecule has 0 amide bonds. The van der Waals surface area contributed by atoms with Crippen LogP contribution in [0.25, 0.3) is 0 Å². The molecule has 0 radical (unpaired) electrons. The molecule has 1 fully saturated rings. The molecule has 0 heterocycles. The molecule has 0 spiro atoms. The first kappa shape index (κ1) is 18.5. The third-order valence-electron chi connectivity index (χ3n) is 4.29. The molecule has 1 aliphatic carbocycles. The highest BCUT2D eigenvalue weighted by molar-refractivity contribution is 5.85. The van der Waals surface area contributed by atoms with E-state index in [0.717, 1.165) is 6.29 Å². The molecule has 0 aromatic carbocycles. The summed E-state index contributed by atoms with van der Waals surface area (Å²) in [5.74, 6) is -1.76. The van der Waals surface area contributed by atoms with E-state index in [1.807, 2.05) is 0 Å². The highest BCUT2D eigenvalue weighted by Gasteiger charge is 2.41. The second kappa shape index (κ2) is 9.46. The monoisotopic (exact) mass is 312 g/mol. The van der Waals surface area contributed by atoms with Gasteiger partial charge in [-0.2, -0.15) is 0 Å². The highest BCUT2D eigenvalue weighted by Crippen LogP contribution is 2.35. The zero-order valence-electron chi connectivity index (χ0n) is 12.7. The predicted octanol–water partition coefficient (Wildman–Crippen LogP) is 1.53. The Morgan fingerprint density at radius 1 is 1.14 bits per heavy atom. The molecule has 124 valence electrons. The minimum Gasteiger partial charge on any atom is -0.481 e. The van der Waals surface area contributed by atoms with Crippen LogP contribution < -0.4 is 0 Å². The summed E-state index contributed by atoms with van der Waals surface area (Å²) in [5.41, 5.74) is 0. The number of rotatable bonds is 11. The van der Waals surface area contributed by atoms with Crippen molar-refractivity contribution in [2.24, 2.45) is 11.8 Å². The first-order valence-electron chi connectivity index (χ1n) is 7.83. The summed E-state index contributed by atoms with van der Waals surface area (Å²) in [4.78, 5) is 44.4. The second-order valence-corrected chi connectivity index (χ2v) is 5.93. The van der Waals surface area contributed by atoms with Gasteiger partial charge in [0, 0.05) is 38.0 Å². The minimum atomic E-state index is -0.959. The predicted molar refractivity (Wildman–Crippen MR) is 78.3 cm³/mol. The molecule has 6 heteroatoms. The molecule has 2 N–H and O–H groups in total. The average Bonchev–Trinajstić information content (AvgIpc) is 2.72. The molecule has 0 bridgehead atoms. The number of unbranched alkanes of at least 4 members (excludes halogenated alkanes) is 2. The summed E-state index contributed by atoms with van der Waals surface area (Å²) < 4.78 is 0. The van der Waals surface area contributed by atoms with Crippen molar-refractivity contribution in [2.45, 2.75) is 63.9 Å². The van der Waals surface area contributed by atoms with E-state index >= 15 is 0 Å². The van der Waals surface area contributed by atoms with Gasteiger partial charge in [0.05, 0.1) is 6.10 Å². The third-order valence-corrected chi connectivity index (χ3v) is 4.29. The number of hydrogen-bond acceptors (Lipinski definition) is 5. The van der Waals surface area contributed by atoms with Crippen molar-refractivity contribution in [3.8, 4) is 0 Å². The summed E-state index contributed by atoms with van der Waals surface area (Å²) in [5, 5.41) is 18.7. The third kappa shape index (κ3) is 6.05. The van der Waals surface area contributed by atoms with E-state index in [0.29, 0.717) is 38.5 Å². The fraction of sp³-hybridized carbons (Fsp3) is 0.750. The number of hydrogen-bond donors (Lipinski definition) is 2. The van der Waals surface area contributed by atoms with Crippen LogP contribution in [0.4, 0.5) is 0 Å². The molecular weight excluding hydrogens is 288 g/mol. The summed E-state index contributed by atoms with van der Waals surface area (Å²) >= 11 is 0. The quantitative estimate of drug-likeness (QED) is 0.442. The molecule has 1 saturated carbocycles. The van der Waals surface area contributed by atoms with Gasteiger partial charge < -0.3 is 15.0 Å². The number of carboxylic acids is 1. The van der Waals surface area contributed by atoms with E-state index < -0.39 is 18.0 Å². The molecule has 3 atom stereocenters. The maximum Gasteiger partial charge on any atom is 0.303 e. The van der Waals surface area contributed by atoms with Gasteiger partial charge in [-0.1, -0.05) is 0 Å². The van der Waals surface area contributed by atoms with Crippen LogP contribution in [0, 0.1) is 11.8 Å². The number of aliphatic carboxylic acids is 1. The van der Waals surface area contributed by atoms with Gasteiger partial charge >= 0.3 is 5.97 Å². The second-order valence-electron chi connectivity index (χ2n) is 5.93. The lowest BCUT2D eigenvalue weighted by Crippen LogP contribution is -2.22. The Balaban J connectivity index is 2.40. The lowest BCUT2D eigenvalue weighted by Gasteiger charge is -2.20. The zero-order chi connectivity index (χ0) is 16.5. The Hall–Kier alpha value is -1.56. The molecule has 1 aliphatic rings. The smallest absolute Gasteiger partial charge is 0.303 e. The Kier molecular flexibility index (Phi) is 7.95. The number of carbonyl (C=O) groups excluding carboxylic acids is 3. The molecule has 0 saturated heterocycles. The van der Waals surface area contributed by atoms with Crippen molar-refractivity contribution in [2.75, 3.05) is 0 Å². The van der Waals surface area contributed by atoms with Crippen LogP contribution in [0.2, 0.25) is 0 Å². The van der Waals surface area contributed by atoms with Gasteiger partial charge in [-0.05, 0) is 31.6 Å². The molecule has 1 rings (SSSR count). The standard InChI is InChI=1S/C16H24O6/c17-9-3-1-2-4-11(18)5-6-12-13(7-8-16(21)22)15(20)10-14(12)19/h9,12-14,19H,1-8,10H2,(H,21,22)/t12?,13-,14-/m1/s1. The lowest BCUT2D eigenvalue weighted by molar-refractivity contribution is -0.137. The summed E-state index contributed by atoms with van der Waals surface area (Å²) in [6, 6.07) is 0. The summed E-state index contributed by atoms with van der Waals surface area (Å²) in [7, 11) is 0. The average molecular weight is 312 g/mol. The number of carboxylic acid groups (broad SMARTS) is 1. The lowest BCUT2D eigenvalue weighted by atomic mass is 9.86. The Labute approximate surface area is 129 Å². The van der Waals surface area contributed by atoms with Gasteiger partial charge in [0.25, 0.3) is 0 Å². The van der Waals surface area contributed by atoms with Gasteiger partial charge in [-0.25, -0.2) is 0 Å². The summed E-state index contributed by atoms with van der Waals surface area (Å²) in [6.07, 6.45) is 3.19. The minimum absolute atomic E-state index is 0.0580. The largest absolute Gasteiger partial charge is 0.481 e. The maximum atomic E-state index is 11.8. The van der Waals surface area contributed by atoms with Crippen LogP contribution in [0.3, 0.4) is 0 Å². The molecule has 0 aromatic rings. The Morgan fingerprint density at radius 2 is 1.86 bits per heavy atom. The van der Waals surface area contributed by atoms with Crippen LogP contribution in [-0.4, -0.2) is 40.1 Å². The number of aliphatic hydroxyl groups is 1. The number of aldehydes is 1. The molecule has 0 aromatic heterocycles. The molecular formula is C16H24O6. The van der Waals surface area contributed by atoms with Crippen LogP contribution in [0.5, 0.6) is 0 Å². The summed E-state index contributed by atoms with van der Waals surface area (Å²) in [6.45, 7) is 0. The van der Waals surface area contributed by atoms with Crippen molar-refractivity contribution in [3.63, 3.8) is 0 Å². The van der Waals surface area contributed by atoms with E-state index in [1.54, 1.807) is 0 Å². The van der Waals surface area contributed by atoms with E-state index in [2.05, 4.69) is 0 Å². The van der Waals surface area contributed by atoms with Crippen LogP contribution in [-0.2, 0) is 19.2 Å². The fourth-order valence-corrected chi connectivity index (χ4v) is 3.07. The van der Waals surface area contributed by atoms with Gasteiger partial charge in [0.15, 0.2) is 0 Å². The number of aliphatic hydroxyl groups excluding tert-OH is 1. The number of ketones is 2. The highest BCUT2D eigenvalue weighted by atomic mass is 16.4. The molecule has 0 aliphatic heterocycles. The van der Waals surface area contributed by atoms with E-state index in [9.17, 15) is 24.3 Å². The van der Waals surface area contributed by atoms with Crippen molar-refractivity contribution < 1.29 is 29.4 Å². The zero-order valence-corrected chi connectivity index (χ0v) is 12.7. The Bertz CT molecular complexity index is 417. The molecule has 6 nitrogen and oxygen atoms in total. The van der Waals surface area contributed by atoms with Crippen LogP contribution in [0.1, 0.15) is 57.8 Å². The van der Waals surface area contributed by atoms with Crippen molar-refractivity contribution in [1.82, 2.24) is 0 Å². The first-order valence-corrected chi connectivity index (χ1v) is 7.83. The van der Waals surface area contributed by atoms with E-state index in [1.165, 1.54) is 0 Å². The fourth-order valence-electron chi connectivity index (χ4n) is 3.07. The molecule has 22 heavy (non-hydrogen) atoms. The normalized spacial score (nSPS) is 24.4. The SMILES string of the molecule is O=CCCCCC(=O)CCC1[C@H](O)CC(=O)[C@@H]1CCC(=O)O. The van der Waals surface area contributed by atoms with Gasteiger partial charge in [-0.3, -0.25) is 14.4 Å². The number of Topliss-reactive ketones (excluding diaryl/α,β-unsaturated/α-hetero) is 2. The van der Waals surface area contributed by atoms with Crippen molar-refractivity contribution in [3.05, 3.63) is 0 Å². The number of carbonyl (C=O) groups is 4. The van der Waals surface area contributed by atoms with Gasteiger partial charge in [-0.15, -0.1) is 0 Å². The first-order chi connectivity index (χ1) is 10.5. The van der Waals surface area contributed by atoms with Crippen LogP contribution in [0.15, 0.2) is 0 Å². The topological polar surface area (TPSA) is 109 Å². The Morgan fingerprint density at radius 3 is 2.50 bits per heavy atom. The van der Waals surface area contributed by atoms with Gasteiger partial charge in [0.1, 0.15) is 17.9 Å². The van der Waals surface area contributed by atoms with Crippen molar-refractivity contribution >= 4 is 23.8 Å². The van der Waals surface area contributed by atoms with Crippen LogP contribution >= 0.6 is 0 Å². The van der Waals surface area contributed by atoms with Gasteiger partial charge in [0.2, 0.25) is 0 Å². The maximum absolute atomic E-state index is 11.8. The van der Waals surface area contributed by atoms with E-state index in [-0.39, 0.29) is 36.7 Å². The van der Waals surface area contributed by atoms with Crippen molar-refractivity contribution in [1.29, 1.82) is 0 Å². The molecule has 1 unspecified atom stereocenters.